The summed E-state index contributed by atoms with van der Waals surface area (Å²) in [7, 11) is 0. The number of fused-ring (bicyclic) bond motifs is 1. The largest absolute Gasteiger partial charge is 0.485 e. The van der Waals surface area contributed by atoms with E-state index in [-0.39, 0.29) is 6.10 Å². The third kappa shape index (κ3) is 3.51. The van der Waals surface area contributed by atoms with E-state index in [9.17, 15) is 0 Å². The minimum atomic E-state index is -0.163. The first-order valence-electron chi connectivity index (χ1n) is 7.16. The van der Waals surface area contributed by atoms with Gasteiger partial charge in [0.15, 0.2) is 22.6 Å². The number of hydrogen-bond acceptors (Lipinski definition) is 6. The summed E-state index contributed by atoms with van der Waals surface area (Å²) in [5.41, 5.74) is 0. The van der Waals surface area contributed by atoms with Crippen LogP contribution in [0.4, 0.5) is 0 Å². The average Bonchev–Trinajstić information content (AvgIpc) is 2.95. The Hall–Kier alpha value is -1.66. The summed E-state index contributed by atoms with van der Waals surface area (Å²) in [6.07, 6.45) is 0.726. The Kier molecular flexibility index (Phi) is 4.36. The lowest BCUT2D eigenvalue weighted by atomic mass is 10.3. The van der Waals surface area contributed by atoms with Crippen LogP contribution in [0.1, 0.15) is 30.0 Å². The van der Waals surface area contributed by atoms with E-state index < -0.39 is 0 Å². The van der Waals surface area contributed by atoms with E-state index >= 15 is 0 Å². The first kappa shape index (κ1) is 14.3. The zero-order valence-corrected chi connectivity index (χ0v) is 13.0. The van der Waals surface area contributed by atoms with Crippen LogP contribution in [0.2, 0.25) is 0 Å². The molecule has 1 atom stereocenters. The fraction of sp³-hybridized carbons (Fsp3) is 0.467. The van der Waals surface area contributed by atoms with Gasteiger partial charge in [0.2, 0.25) is 0 Å². The minimum Gasteiger partial charge on any atom is -0.485 e. The van der Waals surface area contributed by atoms with Crippen molar-refractivity contribution < 1.29 is 9.47 Å². The lowest BCUT2D eigenvalue weighted by Gasteiger charge is -2.24. The molecule has 21 heavy (non-hydrogen) atoms. The second-order valence-corrected chi connectivity index (χ2v) is 6.35. The fourth-order valence-electron chi connectivity index (χ4n) is 2.11. The molecule has 1 aliphatic heterocycles. The normalized spacial score (nSPS) is 17.2. The molecule has 2 heterocycles. The molecular weight excluding hydrogens is 286 g/mol. The SMILES string of the molecule is CC(C)NCCc1nnc(C2COc3ccccc3O2)s1. The second-order valence-electron chi connectivity index (χ2n) is 5.26. The van der Waals surface area contributed by atoms with Crippen LogP contribution in [-0.2, 0) is 6.42 Å². The predicted octanol–water partition coefficient (Wildman–Crippen LogP) is 2.59. The van der Waals surface area contributed by atoms with Crippen LogP contribution in [0, 0.1) is 0 Å². The molecule has 1 aliphatic rings. The third-order valence-electron chi connectivity index (χ3n) is 3.16. The molecule has 0 radical (unpaired) electrons. The molecule has 1 aromatic carbocycles. The molecular formula is C15H19N3O2S. The molecule has 0 saturated heterocycles. The molecule has 0 amide bonds. The lowest BCUT2D eigenvalue weighted by molar-refractivity contribution is 0.0906. The van der Waals surface area contributed by atoms with E-state index in [0.29, 0.717) is 12.6 Å². The molecule has 2 aromatic rings. The molecule has 0 aliphatic carbocycles. The van der Waals surface area contributed by atoms with Crippen LogP contribution in [0.15, 0.2) is 24.3 Å². The summed E-state index contributed by atoms with van der Waals surface area (Å²) in [6, 6.07) is 8.19. The molecule has 1 aromatic heterocycles. The Morgan fingerprint density at radius 1 is 1.29 bits per heavy atom. The monoisotopic (exact) mass is 305 g/mol. The van der Waals surface area contributed by atoms with Crippen LogP contribution in [0.25, 0.3) is 0 Å². The average molecular weight is 305 g/mol. The molecule has 112 valence electrons. The number of rotatable bonds is 5. The van der Waals surface area contributed by atoms with E-state index in [1.807, 2.05) is 24.3 Å². The highest BCUT2D eigenvalue weighted by molar-refractivity contribution is 7.11. The van der Waals surface area contributed by atoms with Crippen LogP contribution in [-0.4, -0.2) is 29.4 Å². The maximum Gasteiger partial charge on any atom is 0.186 e. The maximum absolute atomic E-state index is 5.94. The van der Waals surface area contributed by atoms with Gasteiger partial charge in [-0.1, -0.05) is 37.3 Å². The molecule has 0 bridgehead atoms. The van der Waals surface area contributed by atoms with E-state index in [0.717, 1.165) is 34.5 Å². The summed E-state index contributed by atoms with van der Waals surface area (Å²) in [6.45, 7) is 5.67. The van der Waals surface area contributed by atoms with Crippen molar-refractivity contribution in [1.82, 2.24) is 15.5 Å². The Morgan fingerprint density at radius 2 is 2.10 bits per heavy atom. The first-order chi connectivity index (χ1) is 10.2. The van der Waals surface area contributed by atoms with Gasteiger partial charge in [0.05, 0.1) is 0 Å². The van der Waals surface area contributed by atoms with Crippen LogP contribution < -0.4 is 14.8 Å². The number of aromatic nitrogens is 2. The molecule has 5 nitrogen and oxygen atoms in total. The van der Waals surface area contributed by atoms with E-state index in [2.05, 4.69) is 29.4 Å². The van der Waals surface area contributed by atoms with Gasteiger partial charge in [-0.3, -0.25) is 0 Å². The van der Waals surface area contributed by atoms with Gasteiger partial charge in [0.1, 0.15) is 11.6 Å². The number of ether oxygens (including phenoxy) is 2. The molecule has 0 spiro atoms. The molecule has 1 N–H and O–H groups in total. The maximum atomic E-state index is 5.94. The topological polar surface area (TPSA) is 56.3 Å². The smallest absolute Gasteiger partial charge is 0.186 e. The van der Waals surface area contributed by atoms with Crippen molar-refractivity contribution in [2.75, 3.05) is 13.2 Å². The number of para-hydroxylation sites is 2. The number of nitrogens with zero attached hydrogens (tertiary/aromatic N) is 2. The first-order valence-corrected chi connectivity index (χ1v) is 7.98. The van der Waals surface area contributed by atoms with Crippen molar-refractivity contribution >= 4 is 11.3 Å². The van der Waals surface area contributed by atoms with Gasteiger partial charge in [-0.05, 0) is 12.1 Å². The number of hydrogen-bond donors (Lipinski definition) is 1. The number of benzene rings is 1. The summed E-state index contributed by atoms with van der Waals surface area (Å²) in [5, 5.41) is 13.8. The van der Waals surface area contributed by atoms with Crippen molar-refractivity contribution in [1.29, 1.82) is 0 Å². The fourth-order valence-corrected chi connectivity index (χ4v) is 2.96. The van der Waals surface area contributed by atoms with E-state index in [4.69, 9.17) is 9.47 Å². The summed E-state index contributed by atoms with van der Waals surface area (Å²) >= 11 is 1.60. The highest BCUT2D eigenvalue weighted by atomic mass is 32.1. The Balaban J connectivity index is 1.62. The highest BCUT2D eigenvalue weighted by Crippen LogP contribution is 2.36. The van der Waals surface area contributed by atoms with Gasteiger partial charge >= 0.3 is 0 Å². The van der Waals surface area contributed by atoms with Crippen molar-refractivity contribution in [3.05, 3.63) is 34.3 Å². The summed E-state index contributed by atoms with van der Waals surface area (Å²) < 4.78 is 11.7. The molecule has 1 unspecified atom stereocenters. The van der Waals surface area contributed by atoms with Crippen molar-refractivity contribution in [3.63, 3.8) is 0 Å². The summed E-state index contributed by atoms with van der Waals surface area (Å²) in [4.78, 5) is 0. The van der Waals surface area contributed by atoms with Gasteiger partial charge < -0.3 is 14.8 Å². The van der Waals surface area contributed by atoms with E-state index in [1.165, 1.54) is 0 Å². The molecule has 3 rings (SSSR count). The van der Waals surface area contributed by atoms with Gasteiger partial charge in [0.25, 0.3) is 0 Å². The van der Waals surface area contributed by atoms with Crippen LogP contribution >= 0.6 is 11.3 Å². The Bertz CT molecular complexity index is 600. The lowest BCUT2D eigenvalue weighted by Crippen LogP contribution is -2.24. The van der Waals surface area contributed by atoms with Crippen molar-refractivity contribution in [2.24, 2.45) is 0 Å². The molecule has 0 saturated carbocycles. The van der Waals surface area contributed by atoms with E-state index in [1.54, 1.807) is 11.3 Å². The summed E-state index contributed by atoms with van der Waals surface area (Å²) in [5.74, 6) is 1.56. The minimum absolute atomic E-state index is 0.163. The van der Waals surface area contributed by atoms with Gasteiger partial charge in [-0.15, -0.1) is 10.2 Å². The standard InChI is InChI=1S/C15H19N3O2S/c1-10(2)16-8-7-14-17-18-15(21-14)13-9-19-11-5-3-4-6-12(11)20-13/h3-6,10,13,16H,7-9H2,1-2H3. The second kappa shape index (κ2) is 6.41. The van der Waals surface area contributed by atoms with Crippen molar-refractivity contribution in [3.8, 4) is 11.5 Å². The third-order valence-corrected chi connectivity index (χ3v) is 4.23. The predicted molar refractivity (Wildman–Crippen MR) is 82.1 cm³/mol. The highest BCUT2D eigenvalue weighted by Gasteiger charge is 2.25. The Labute approximate surface area is 128 Å². The zero-order valence-electron chi connectivity index (χ0n) is 12.2. The zero-order chi connectivity index (χ0) is 14.7. The number of nitrogens with one attached hydrogen (secondary N) is 1. The van der Waals surface area contributed by atoms with Gasteiger partial charge in [0, 0.05) is 19.0 Å². The van der Waals surface area contributed by atoms with Gasteiger partial charge in [-0.2, -0.15) is 0 Å². The van der Waals surface area contributed by atoms with Crippen molar-refractivity contribution in [2.45, 2.75) is 32.4 Å². The molecule has 6 heteroatoms. The van der Waals surface area contributed by atoms with Crippen LogP contribution in [0.5, 0.6) is 11.5 Å². The quantitative estimate of drug-likeness (QED) is 0.920. The van der Waals surface area contributed by atoms with Gasteiger partial charge in [-0.25, -0.2) is 0 Å². The Morgan fingerprint density at radius 3 is 2.90 bits per heavy atom. The van der Waals surface area contributed by atoms with Crippen LogP contribution in [0.3, 0.4) is 0 Å². The molecule has 0 fully saturated rings.